The van der Waals surface area contributed by atoms with Crippen LogP contribution in [0.3, 0.4) is 0 Å². The number of rotatable bonds is 5. The summed E-state index contributed by atoms with van der Waals surface area (Å²) in [4.78, 5) is 39.8. The van der Waals surface area contributed by atoms with E-state index in [1.807, 2.05) is 27.7 Å². The molecular weight excluding hydrogens is 440 g/mol. The lowest BCUT2D eigenvalue weighted by molar-refractivity contribution is 0.583. The Morgan fingerprint density at radius 1 is 1.27 bits per heavy atom. The molecule has 0 aliphatic heterocycles. The van der Waals surface area contributed by atoms with Crippen LogP contribution in [0, 0.1) is 13.8 Å². The lowest BCUT2D eigenvalue weighted by Crippen LogP contribution is -2.23. The monoisotopic (exact) mass is 460 g/mol. The van der Waals surface area contributed by atoms with Gasteiger partial charge in [-0.3, -0.25) is 14.2 Å². The summed E-state index contributed by atoms with van der Waals surface area (Å²) in [6.45, 7) is 8.46. The number of H-pyrrole nitrogens is 1. The maximum Gasteiger partial charge on any atom is 0.262 e. The number of aromatic amines is 1. The highest BCUT2D eigenvalue weighted by atomic mass is 35.5. The first-order valence-electron chi connectivity index (χ1n) is 9.66. The van der Waals surface area contributed by atoms with Gasteiger partial charge in [0.05, 0.1) is 21.5 Å². The SMILES string of the molecule is CCCn1c(SC(C)c2nc3sc(C)c(C)c3c(=O)[nH]2)nc2cc(Cl)ccc2c1=O. The van der Waals surface area contributed by atoms with Crippen molar-refractivity contribution in [1.82, 2.24) is 19.5 Å². The fourth-order valence-corrected chi connectivity index (χ4v) is 5.56. The quantitative estimate of drug-likeness (QED) is 0.326. The fourth-order valence-electron chi connectivity index (χ4n) is 3.36. The molecular formula is C21H21ClN4O2S2. The van der Waals surface area contributed by atoms with Crippen molar-refractivity contribution in [3.8, 4) is 0 Å². The van der Waals surface area contributed by atoms with Gasteiger partial charge in [-0.05, 0) is 51.0 Å². The number of benzene rings is 1. The van der Waals surface area contributed by atoms with Crippen LogP contribution in [0.25, 0.3) is 21.1 Å². The summed E-state index contributed by atoms with van der Waals surface area (Å²) in [5.41, 5.74) is 1.32. The highest BCUT2D eigenvalue weighted by Gasteiger charge is 2.19. The smallest absolute Gasteiger partial charge is 0.262 e. The molecule has 0 aliphatic rings. The molecule has 4 aromatic rings. The van der Waals surface area contributed by atoms with Crippen LogP contribution in [0.1, 0.15) is 41.8 Å². The second kappa shape index (κ2) is 8.17. The predicted molar refractivity (Wildman–Crippen MR) is 125 cm³/mol. The van der Waals surface area contributed by atoms with E-state index in [0.717, 1.165) is 21.7 Å². The maximum absolute atomic E-state index is 13.0. The zero-order valence-corrected chi connectivity index (χ0v) is 19.5. The van der Waals surface area contributed by atoms with E-state index in [0.29, 0.717) is 38.8 Å². The Bertz CT molecular complexity index is 1390. The van der Waals surface area contributed by atoms with Crippen LogP contribution < -0.4 is 11.1 Å². The van der Waals surface area contributed by atoms with Crippen molar-refractivity contribution in [2.75, 3.05) is 0 Å². The molecule has 1 atom stereocenters. The molecule has 4 rings (SSSR count). The normalized spacial score (nSPS) is 12.7. The zero-order chi connectivity index (χ0) is 21.6. The Kier molecular flexibility index (Phi) is 5.74. The van der Waals surface area contributed by atoms with Crippen LogP contribution in [0.2, 0.25) is 5.02 Å². The number of aryl methyl sites for hydroxylation is 2. The van der Waals surface area contributed by atoms with Gasteiger partial charge in [0.2, 0.25) is 0 Å². The minimum atomic E-state index is -0.198. The summed E-state index contributed by atoms with van der Waals surface area (Å²) < 4.78 is 1.69. The van der Waals surface area contributed by atoms with Gasteiger partial charge in [0.1, 0.15) is 10.7 Å². The summed E-state index contributed by atoms with van der Waals surface area (Å²) in [7, 11) is 0. The topological polar surface area (TPSA) is 80.6 Å². The summed E-state index contributed by atoms with van der Waals surface area (Å²) in [5.74, 6) is 0.572. The van der Waals surface area contributed by atoms with Gasteiger partial charge in [-0.2, -0.15) is 0 Å². The number of nitrogens with one attached hydrogen (secondary N) is 1. The highest BCUT2D eigenvalue weighted by molar-refractivity contribution is 7.99. The van der Waals surface area contributed by atoms with Gasteiger partial charge in [0, 0.05) is 16.4 Å². The highest BCUT2D eigenvalue weighted by Crippen LogP contribution is 2.34. The van der Waals surface area contributed by atoms with E-state index in [-0.39, 0.29) is 16.4 Å². The van der Waals surface area contributed by atoms with E-state index >= 15 is 0 Å². The van der Waals surface area contributed by atoms with Crippen LogP contribution in [-0.4, -0.2) is 19.5 Å². The molecule has 3 aromatic heterocycles. The van der Waals surface area contributed by atoms with Gasteiger partial charge >= 0.3 is 0 Å². The molecule has 30 heavy (non-hydrogen) atoms. The third kappa shape index (κ3) is 3.68. The van der Waals surface area contributed by atoms with Gasteiger partial charge in [-0.1, -0.05) is 30.3 Å². The maximum atomic E-state index is 13.0. The van der Waals surface area contributed by atoms with E-state index in [1.54, 1.807) is 22.8 Å². The van der Waals surface area contributed by atoms with E-state index in [1.165, 1.54) is 23.1 Å². The molecule has 0 fully saturated rings. The first kappa shape index (κ1) is 21.1. The lowest BCUT2D eigenvalue weighted by Gasteiger charge is -2.15. The Balaban J connectivity index is 1.80. The van der Waals surface area contributed by atoms with Crippen molar-refractivity contribution >= 4 is 55.8 Å². The van der Waals surface area contributed by atoms with Crippen molar-refractivity contribution in [3.05, 3.63) is 60.2 Å². The molecule has 0 saturated carbocycles. The zero-order valence-electron chi connectivity index (χ0n) is 17.1. The van der Waals surface area contributed by atoms with Gasteiger partial charge < -0.3 is 4.98 Å². The predicted octanol–water partition coefficient (Wildman–Crippen LogP) is 5.23. The number of hydrogen-bond donors (Lipinski definition) is 1. The van der Waals surface area contributed by atoms with Crippen LogP contribution in [0.5, 0.6) is 0 Å². The molecule has 1 N–H and O–H groups in total. The molecule has 3 heterocycles. The Labute approximate surface area is 186 Å². The van der Waals surface area contributed by atoms with Gasteiger partial charge in [-0.15, -0.1) is 11.3 Å². The Morgan fingerprint density at radius 2 is 2.03 bits per heavy atom. The van der Waals surface area contributed by atoms with Crippen molar-refractivity contribution in [1.29, 1.82) is 0 Å². The van der Waals surface area contributed by atoms with E-state index in [4.69, 9.17) is 21.6 Å². The van der Waals surface area contributed by atoms with Crippen LogP contribution in [0.15, 0.2) is 32.9 Å². The van der Waals surface area contributed by atoms with Crippen molar-refractivity contribution in [2.45, 2.75) is 51.1 Å². The van der Waals surface area contributed by atoms with E-state index in [2.05, 4.69) is 4.98 Å². The molecule has 0 spiro atoms. The van der Waals surface area contributed by atoms with Crippen LogP contribution in [-0.2, 0) is 6.54 Å². The van der Waals surface area contributed by atoms with Crippen LogP contribution >= 0.6 is 34.7 Å². The molecule has 0 aliphatic carbocycles. The van der Waals surface area contributed by atoms with Crippen molar-refractivity contribution < 1.29 is 0 Å². The fraction of sp³-hybridized carbons (Fsp3) is 0.333. The number of thiophene rings is 1. The number of thioether (sulfide) groups is 1. The first-order valence-corrected chi connectivity index (χ1v) is 11.7. The Morgan fingerprint density at radius 3 is 2.77 bits per heavy atom. The van der Waals surface area contributed by atoms with Crippen LogP contribution in [0.4, 0.5) is 0 Å². The molecule has 9 heteroatoms. The minimum Gasteiger partial charge on any atom is -0.309 e. The van der Waals surface area contributed by atoms with Crippen molar-refractivity contribution in [2.24, 2.45) is 0 Å². The second-order valence-corrected chi connectivity index (χ2v) is 10.1. The van der Waals surface area contributed by atoms with Gasteiger partial charge in [0.15, 0.2) is 5.16 Å². The van der Waals surface area contributed by atoms with Gasteiger partial charge in [0.25, 0.3) is 11.1 Å². The van der Waals surface area contributed by atoms with Crippen molar-refractivity contribution in [3.63, 3.8) is 0 Å². The molecule has 0 bridgehead atoms. The minimum absolute atomic E-state index is 0.0883. The molecule has 0 amide bonds. The molecule has 156 valence electrons. The van der Waals surface area contributed by atoms with E-state index in [9.17, 15) is 9.59 Å². The molecule has 1 aromatic carbocycles. The number of fused-ring (bicyclic) bond motifs is 2. The number of aromatic nitrogens is 4. The largest absolute Gasteiger partial charge is 0.309 e. The number of hydrogen-bond acceptors (Lipinski definition) is 6. The third-order valence-electron chi connectivity index (χ3n) is 5.05. The average Bonchev–Trinajstić information content (AvgIpc) is 2.98. The number of halogens is 1. The third-order valence-corrected chi connectivity index (χ3v) is 7.49. The number of nitrogens with zero attached hydrogens (tertiary/aromatic N) is 3. The standard InChI is InChI=1S/C21H21ClN4O2S2/c1-5-8-26-20(28)14-7-6-13(22)9-15(14)23-21(26)30-12(4)17-24-18(27)16-10(2)11(3)29-19(16)25-17/h6-7,9,12H,5,8H2,1-4H3,(H,24,25,27). The average molecular weight is 461 g/mol. The summed E-state index contributed by atoms with van der Waals surface area (Å²) in [6.07, 6.45) is 0.803. The van der Waals surface area contributed by atoms with Gasteiger partial charge in [-0.25, -0.2) is 9.97 Å². The lowest BCUT2D eigenvalue weighted by atomic mass is 10.2. The molecule has 6 nitrogen and oxygen atoms in total. The Hall–Kier alpha value is -2.16. The first-order chi connectivity index (χ1) is 14.3. The second-order valence-electron chi connectivity index (χ2n) is 7.19. The molecule has 0 saturated heterocycles. The molecule has 0 radical (unpaired) electrons. The molecule has 1 unspecified atom stereocenters. The summed E-state index contributed by atoms with van der Waals surface area (Å²) in [6, 6.07) is 5.12. The van der Waals surface area contributed by atoms with E-state index < -0.39 is 0 Å². The summed E-state index contributed by atoms with van der Waals surface area (Å²) in [5, 5.41) is 2.12. The summed E-state index contributed by atoms with van der Waals surface area (Å²) >= 11 is 9.04.